The third-order valence-corrected chi connectivity index (χ3v) is 5.62. The fourth-order valence-electron chi connectivity index (χ4n) is 2.96. The fourth-order valence-corrected chi connectivity index (χ4v) is 3.46. The van der Waals surface area contributed by atoms with Crippen molar-refractivity contribution in [1.82, 2.24) is 15.1 Å². The molecule has 32 heavy (non-hydrogen) atoms. The molecule has 1 aromatic heterocycles. The SMILES string of the molecule is Cc1c(Cl)c(C(F)(F)F)nn1CCCNC(=O)c1cccc(COc2ccc(Br)cc2)c1. The number of alkyl halides is 3. The molecule has 1 amide bonds. The minimum atomic E-state index is -4.60. The molecule has 10 heteroatoms. The lowest BCUT2D eigenvalue weighted by atomic mass is 10.1. The average molecular weight is 531 g/mol. The number of nitrogens with zero attached hydrogens (tertiary/aromatic N) is 2. The Hall–Kier alpha value is -2.52. The number of ether oxygens (including phenoxy) is 1. The van der Waals surface area contributed by atoms with Crippen molar-refractivity contribution in [3.63, 3.8) is 0 Å². The first-order chi connectivity index (χ1) is 15.1. The van der Waals surface area contributed by atoms with Crippen LogP contribution in [0.2, 0.25) is 5.02 Å². The number of aromatic nitrogens is 2. The Labute approximate surface area is 196 Å². The predicted molar refractivity (Wildman–Crippen MR) is 119 cm³/mol. The molecule has 0 spiro atoms. The van der Waals surface area contributed by atoms with Crippen LogP contribution < -0.4 is 10.1 Å². The second-order valence-corrected chi connectivity index (χ2v) is 8.31. The molecule has 0 fully saturated rings. The van der Waals surface area contributed by atoms with Crippen LogP contribution in [0.5, 0.6) is 5.75 Å². The molecule has 0 aliphatic heterocycles. The zero-order valence-corrected chi connectivity index (χ0v) is 19.4. The number of carbonyl (C=O) groups excluding carboxylic acids is 1. The maximum Gasteiger partial charge on any atom is 0.436 e. The standard InChI is InChI=1S/C22H20BrClF3N3O2/c1-14-19(24)20(22(25,26)27)29-30(14)11-3-10-28-21(31)16-5-2-4-15(12-16)13-32-18-8-6-17(23)7-9-18/h2,4-9,12H,3,10-11,13H2,1H3,(H,28,31). The van der Waals surface area contributed by atoms with Crippen LogP contribution in [-0.4, -0.2) is 22.2 Å². The van der Waals surface area contributed by atoms with Gasteiger partial charge in [0.25, 0.3) is 5.91 Å². The van der Waals surface area contributed by atoms with Crippen molar-refractivity contribution < 1.29 is 22.7 Å². The summed E-state index contributed by atoms with van der Waals surface area (Å²) in [6.07, 6.45) is -4.21. The normalized spacial score (nSPS) is 11.4. The third-order valence-electron chi connectivity index (χ3n) is 4.64. The molecule has 0 saturated carbocycles. The van der Waals surface area contributed by atoms with E-state index in [-0.39, 0.29) is 24.7 Å². The van der Waals surface area contributed by atoms with E-state index in [1.165, 1.54) is 11.6 Å². The molecule has 0 aliphatic rings. The van der Waals surface area contributed by atoms with E-state index < -0.39 is 16.9 Å². The van der Waals surface area contributed by atoms with Gasteiger partial charge in [-0.2, -0.15) is 18.3 Å². The molecule has 0 unspecified atom stereocenters. The van der Waals surface area contributed by atoms with Gasteiger partial charge in [-0.05, 0) is 55.3 Å². The second kappa shape index (κ2) is 10.4. The molecule has 3 aromatic rings. The van der Waals surface area contributed by atoms with Crippen LogP contribution in [0.1, 0.15) is 33.7 Å². The number of carbonyl (C=O) groups is 1. The molecule has 0 aliphatic carbocycles. The summed E-state index contributed by atoms with van der Waals surface area (Å²) in [6.45, 7) is 2.26. The van der Waals surface area contributed by atoms with Gasteiger partial charge < -0.3 is 10.1 Å². The molecule has 0 atom stereocenters. The van der Waals surface area contributed by atoms with Gasteiger partial charge in [0, 0.05) is 23.1 Å². The van der Waals surface area contributed by atoms with Gasteiger partial charge in [-0.3, -0.25) is 9.48 Å². The quantitative estimate of drug-likeness (QED) is 0.362. The number of amides is 1. The van der Waals surface area contributed by atoms with Crippen molar-refractivity contribution in [2.45, 2.75) is 32.7 Å². The molecule has 2 aromatic carbocycles. The van der Waals surface area contributed by atoms with E-state index in [1.807, 2.05) is 30.3 Å². The summed E-state index contributed by atoms with van der Waals surface area (Å²) in [6, 6.07) is 14.5. The van der Waals surface area contributed by atoms with Gasteiger partial charge in [-0.1, -0.05) is 39.7 Å². The van der Waals surface area contributed by atoms with Gasteiger partial charge >= 0.3 is 6.18 Å². The van der Waals surface area contributed by atoms with Gasteiger partial charge in [0.05, 0.1) is 10.7 Å². The number of benzene rings is 2. The fraction of sp³-hybridized carbons (Fsp3) is 0.273. The van der Waals surface area contributed by atoms with Crippen molar-refractivity contribution in [1.29, 1.82) is 0 Å². The van der Waals surface area contributed by atoms with E-state index in [0.717, 1.165) is 10.0 Å². The number of rotatable bonds is 8. The van der Waals surface area contributed by atoms with E-state index in [1.54, 1.807) is 18.2 Å². The smallest absolute Gasteiger partial charge is 0.436 e. The van der Waals surface area contributed by atoms with Crippen molar-refractivity contribution >= 4 is 33.4 Å². The van der Waals surface area contributed by atoms with Crippen LogP contribution in [0.15, 0.2) is 53.0 Å². The minimum Gasteiger partial charge on any atom is -0.489 e. The van der Waals surface area contributed by atoms with Gasteiger partial charge in [0.1, 0.15) is 12.4 Å². The average Bonchev–Trinajstić information content (AvgIpc) is 3.05. The largest absolute Gasteiger partial charge is 0.489 e. The first-order valence-corrected chi connectivity index (χ1v) is 10.9. The number of hydrogen-bond donors (Lipinski definition) is 1. The van der Waals surface area contributed by atoms with Gasteiger partial charge in [-0.15, -0.1) is 0 Å². The van der Waals surface area contributed by atoms with Gasteiger partial charge in [0.15, 0.2) is 5.69 Å². The molecular formula is C22H20BrClF3N3O2. The molecule has 5 nitrogen and oxygen atoms in total. The Balaban J connectivity index is 1.50. The lowest BCUT2D eigenvalue weighted by Gasteiger charge is -2.09. The maximum atomic E-state index is 12.9. The van der Waals surface area contributed by atoms with Crippen LogP contribution in [0, 0.1) is 6.92 Å². The molecule has 3 rings (SSSR count). The summed E-state index contributed by atoms with van der Waals surface area (Å²) in [5, 5.41) is 5.91. The van der Waals surface area contributed by atoms with Crippen molar-refractivity contribution in [3.05, 3.63) is 80.5 Å². The zero-order valence-electron chi connectivity index (χ0n) is 17.0. The summed E-state index contributed by atoms with van der Waals surface area (Å²) in [7, 11) is 0. The summed E-state index contributed by atoms with van der Waals surface area (Å²) < 4.78 is 46.6. The Morgan fingerprint density at radius 1 is 1.22 bits per heavy atom. The molecule has 0 saturated heterocycles. The maximum absolute atomic E-state index is 12.9. The number of hydrogen-bond acceptors (Lipinski definition) is 3. The summed E-state index contributed by atoms with van der Waals surface area (Å²) in [4.78, 5) is 12.4. The number of halogens is 5. The van der Waals surface area contributed by atoms with Gasteiger partial charge in [-0.25, -0.2) is 0 Å². The van der Waals surface area contributed by atoms with E-state index in [2.05, 4.69) is 26.3 Å². The van der Waals surface area contributed by atoms with Crippen molar-refractivity contribution in [2.24, 2.45) is 0 Å². The van der Waals surface area contributed by atoms with Crippen LogP contribution in [0.3, 0.4) is 0 Å². The highest BCUT2D eigenvalue weighted by atomic mass is 79.9. The van der Waals surface area contributed by atoms with Crippen LogP contribution >= 0.6 is 27.5 Å². The monoisotopic (exact) mass is 529 g/mol. The van der Waals surface area contributed by atoms with E-state index >= 15 is 0 Å². The third kappa shape index (κ3) is 6.26. The van der Waals surface area contributed by atoms with Crippen LogP contribution in [0.4, 0.5) is 13.2 Å². The van der Waals surface area contributed by atoms with Gasteiger partial charge in [0.2, 0.25) is 0 Å². The molecule has 170 valence electrons. The second-order valence-electron chi connectivity index (χ2n) is 7.02. The number of aryl methyl sites for hydroxylation is 1. The van der Waals surface area contributed by atoms with Crippen molar-refractivity contribution in [3.8, 4) is 5.75 Å². The molecule has 0 radical (unpaired) electrons. The first-order valence-electron chi connectivity index (χ1n) is 9.71. The highest BCUT2D eigenvalue weighted by Gasteiger charge is 2.38. The lowest BCUT2D eigenvalue weighted by molar-refractivity contribution is -0.141. The summed E-state index contributed by atoms with van der Waals surface area (Å²) >= 11 is 9.11. The lowest BCUT2D eigenvalue weighted by Crippen LogP contribution is -2.25. The Kier molecular flexibility index (Phi) is 7.84. The number of nitrogens with one attached hydrogen (secondary N) is 1. The Morgan fingerprint density at radius 2 is 1.94 bits per heavy atom. The van der Waals surface area contributed by atoms with Crippen LogP contribution in [-0.2, 0) is 19.3 Å². The molecular weight excluding hydrogens is 511 g/mol. The highest BCUT2D eigenvalue weighted by Crippen LogP contribution is 2.35. The summed E-state index contributed by atoms with van der Waals surface area (Å²) in [5.74, 6) is 0.437. The predicted octanol–water partition coefficient (Wildman–Crippen LogP) is 6.03. The zero-order chi connectivity index (χ0) is 23.3. The van der Waals surface area contributed by atoms with Crippen molar-refractivity contribution in [2.75, 3.05) is 6.54 Å². The first kappa shape index (κ1) is 24.1. The summed E-state index contributed by atoms with van der Waals surface area (Å²) in [5.41, 5.74) is 0.452. The molecule has 1 heterocycles. The van der Waals surface area contributed by atoms with Crippen LogP contribution in [0.25, 0.3) is 0 Å². The highest BCUT2D eigenvalue weighted by molar-refractivity contribution is 9.10. The Morgan fingerprint density at radius 3 is 2.59 bits per heavy atom. The molecule has 0 bridgehead atoms. The van der Waals surface area contributed by atoms with E-state index in [4.69, 9.17) is 16.3 Å². The minimum absolute atomic E-state index is 0.197. The topological polar surface area (TPSA) is 56.2 Å². The Bertz CT molecular complexity index is 1090. The van der Waals surface area contributed by atoms with E-state index in [0.29, 0.717) is 24.3 Å². The van der Waals surface area contributed by atoms with E-state index in [9.17, 15) is 18.0 Å². The molecule has 1 N–H and O–H groups in total.